The van der Waals surface area contributed by atoms with Gasteiger partial charge in [-0.1, -0.05) is 89.1 Å². The third-order valence-corrected chi connectivity index (χ3v) is 9.79. The van der Waals surface area contributed by atoms with Crippen molar-refractivity contribution < 1.29 is 18.0 Å². The Morgan fingerprint density at radius 1 is 0.800 bits per heavy atom. The van der Waals surface area contributed by atoms with Crippen LogP contribution >= 0.6 is 15.9 Å². The van der Waals surface area contributed by atoms with Crippen LogP contribution < -0.4 is 9.62 Å². The molecule has 0 saturated carbocycles. The van der Waals surface area contributed by atoms with Gasteiger partial charge in [-0.3, -0.25) is 13.9 Å². The Kier molecular flexibility index (Phi) is 11.6. The molecule has 4 rings (SSSR count). The Labute approximate surface area is 275 Å². The van der Waals surface area contributed by atoms with Crippen LogP contribution in [0.15, 0.2) is 106 Å². The summed E-state index contributed by atoms with van der Waals surface area (Å²) in [5.41, 5.74) is 4.75. The molecular formula is C36H40BrN3O4S. The molecular weight excluding hydrogens is 650 g/mol. The first-order chi connectivity index (χ1) is 21.5. The molecule has 7 nitrogen and oxygen atoms in total. The van der Waals surface area contributed by atoms with Gasteiger partial charge in [0.25, 0.3) is 10.0 Å². The number of amides is 2. The molecule has 45 heavy (non-hydrogen) atoms. The smallest absolute Gasteiger partial charge is 0.264 e. The normalized spacial score (nSPS) is 11.9. The number of hydrogen-bond acceptors (Lipinski definition) is 4. The number of hydrogen-bond donors (Lipinski definition) is 1. The van der Waals surface area contributed by atoms with Crippen molar-refractivity contribution in [2.24, 2.45) is 0 Å². The molecule has 0 fully saturated rings. The number of anilines is 1. The monoisotopic (exact) mass is 689 g/mol. The number of halogens is 1. The van der Waals surface area contributed by atoms with Crippen molar-refractivity contribution in [3.63, 3.8) is 0 Å². The molecule has 0 saturated heterocycles. The van der Waals surface area contributed by atoms with Crippen LogP contribution in [0.4, 0.5) is 5.69 Å². The lowest BCUT2D eigenvalue weighted by Crippen LogP contribution is -2.53. The zero-order valence-corrected chi connectivity index (χ0v) is 28.6. The molecule has 0 aromatic heterocycles. The van der Waals surface area contributed by atoms with E-state index in [1.807, 2.05) is 88.4 Å². The first kappa shape index (κ1) is 33.9. The van der Waals surface area contributed by atoms with E-state index in [0.29, 0.717) is 12.2 Å². The second kappa shape index (κ2) is 15.4. The number of nitrogens with zero attached hydrogens (tertiary/aromatic N) is 2. The molecule has 0 bridgehead atoms. The lowest BCUT2D eigenvalue weighted by atomic mass is 10.0. The van der Waals surface area contributed by atoms with Crippen molar-refractivity contribution in [3.8, 4) is 0 Å². The van der Waals surface area contributed by atoms with Gasteiger partial charge in [-0.25, -0.2) is 8.42 Å². The van der Waals surface area contributed by atoms with Gasteiger partial charge in [-0.05, 0) is 85.8 Å². The lowest BCUT2D eigenvalue weighted by Gasteiger charge is -2.34. The zero-order chi connectivity index (χ0) is 32.6. The van der Waals surface area contributed by atoms with E-state index in [1.54, 1.807) is 36.4 Å². The van der Waals surface area contributed by atoms with Gasteiger partial charge in [0.05, 0.1) is 10.6 Å². The topological polar surface area (TPSA) is 86.8 Å². The number of sulfonamides is 1. The van der Waals surface area contributed by atoms with Crippen LogP contribution in [0, 0.1) is 20.8 Å². The van der Waals surface area contributed by atoms with Gasteiger partial charge < -0.3 is 10.2 Å². The summed E-state index contributed by atoms with van der Waals surface area (Å²) in [5, 5.41) is 2.97. The van der Waals surface area contributed by atoms with Crippen molar-refractivity contribution >= 4 is 43.5 Å². The number of nitrogens with one attached hydrogen (secondary N) is 1. The van der Waals surface area contributed by atoms with Crippen molar-refractivity contribution in [1.29, 1.82) is 0 Å². The standard InChI is InChI=1S/C36H40BrN3O4S/c1-5-19-38-36(42)34(23-29-9-7-6-8-10-29)39(24-30-13-15-31(37)16-14-30)35(41)25-40(32-21-27(3)20-28(4)22-32)45(43,44)33-17-11-26(2)12-18-33/h6-18,20-22,34H,5,19,23-25H2,1-4H3,(H,38,42)/t34-/m1/s1. The summed E-state index contributed by atoms with van der Waals surface area (Å²) in [6.45, 7) is 7.73. The minimum absolute atomic E-state index is 0.0843. The van der Waals surface area contributed by atoms with Crippen LogP contribution in [-0.2, 0) is 32.6 Å². The van der Waals surface area contributed by atoms with E-state index in [9.17, 15) is 18.0 Å². The highest BCUT2D eigenvalue weighted by Gasteiger charge is 2.34. The summed E-state index contributed by atoms with van der Waals surface area (Å²) in [4.78, 5) is 29.9. The average molecular weight is 691 g/mol. The van der Waals surface area contributed by atoms with Crippen molar-refractivity contribution in [3.05, 3.63) is 129 Å². The van der Waals surface area contributed by atoms with Crippen LogP contribution in [-0.4, -0.2) is 44.3 Å². The molecule has 0 heterocycles. The highest BCUT2D eigenvalue weighted by atomic mass is 79.9. The minimum atomic E-state index is -4.15. The highest BCUT2D eigenvalue weighted by molar-refractivity contribution is 9.10. The summed E-state index contributed by atoms with van der Waals surface area (Å²) >= 11 is 3.47. The molecule has 0 aliphatic rings. The third kappa shape index (κ3) is 9.05. The van der Waals surface area contributed by atoms with E-state index in [0.717, 1.165) is 43.0 Å². The minimum Gasteiger partial charge on any atom is -0.354 e. The van der Waals surface area contributed by atoms with Crippen molar-refractivity contribution in [2.75, 3.05) is 17.4 Å². The van der Waals surface area contributed by atoms with Gasteiger partial charge in [-0.2, -0.15) is 0 Å². The molecule has 1 N–H and O–H groups in total. The third-order valence-electron chi connectivity index (χ3n) is 7.47. The van der Waals surface area contributed by atoms with Crippen LogP contribution in [0.5, 0.6) is 0 Å². The molecule has 4 aromatic carbocycles. The fourth-order valence-corrected chi connectivity index (χ4v) is 6.83. The van der Waals surface area contributed by atoms with E-state index in [4.69, 9.17) is 0 Å². The van der Waals surface area contributed by atoms with E-state index < -0.39 is 28.5 Å². The summed E-state index contributed by atoms with van der Waals surface area (Å²) in [5.74, 6) is -0.772. The molecule has 4 aromatic rings. The molecule has 0 unspecified atom stereocenters. The largest absolute Gasteiger partial charge is 0.354 e. The average Bonchev–Trinajstić information content (AvgIpc) is 3.01. The Morgan fingerprint density at radius 3 is 2.02 bits per heavy atom. The van der Waals surface area contributed by atoms with E-state index in [1.165, 1.54) is 4.90 Å². The second-order valence-corrected chi connectivity index (χ2v) is 14.1. The molecule has 0 aliphatic heterocycles. The maximum atomic E-state index is 14.5. The lowest BCUT2D eigenvalue weighted by molar-refractivity contribution is -0.140. The summed E-state index contributed by atoms with van der Waals surface area (Å²) < 4.78 is 30.5. The van der Waals surface area contributed by atoms with Gasteiger partial charge >= 0.3 is 0 Å². The zero-order valence-electron chi connectivity index (χ0n) is 26.2. The molecule has 0 radical (unpaired) electrons. The Morgan fingerprint density at radius 2 is 1.42 bits per heavy atom. The Hall–Kier alpha value is -3.95. The number of carbonyl (C=O) groups excluding carboxylic acids is 2. The molecule has 2 amide bonds. The molecule has 0 spiro atoms. The Bertz CT molecular complexity index is 1690. The predicted molar refractivity (Wildman–Crippen MR) is 184 cm³/mol. The maximum absolute atomic E-state index is 14.5. The molecule has 0 aliphatic carbocycles. The first-order valence-electron chi connectivity index (χ1n) is 15.0. The second-order valence-electron chi connectivity index (χ2n) is 11.3. The summed E-state index contributed by atoms with van der Waals surface area (Å²) in [7, 11) is -4.15. The maximum Gasteiger partial charge on any atom is 0.264 e. The quantitative estimate of drug-likeness (QED) is 0.169. The Balaban J connectivity index is 1.81. The fourth-order valence-electron chi connectivity index (χ4n) is 5.17. The van der Waals surface area contributed by atoms with Crippen LogP contribution in [0.3, 0.4) is 0 Å². The van der Waals surface area contributed by atoms with Gasteiger partial charge in [0.1, 0.15) is 12.6 Å². The highest BCUT2D eigenvalue weighted by Crippen LogP contribution is 2.27. The SMILES string of the molecule is CCCNC(=O)[C@@H](Cc1ccccc1)N(Cc1ccc(Br)cc1)C(=O)CN(c1cc(C)cc(C)c1)S(=O)(=O)c1ccc(C)cc1. The van der Waals surface area contributed by atoms with E-state index in [-0.39, 0.29) is 23.8 Å². The summed E-state index contributed by atoms with van der Waals surface area (Å²) in [6, 6.07) is 28.3. The number of rotatable bonds is 13. The molecule has 9 heteroatoms. The predicted octanol–water partition coefficient (Wildman–Crippen LogP) is 6.74. The van der Waals surface area contributed by atoms with Gasteiger partial charge in [0.15, 0.2) is 0 Å². The number of benzene rings is 4. The fraction of sp³-hybridized carbons (Fsp3) is 0.278. The molecule has 236 valence electrons. The van der Waals surface area contributed by atoms with E-state index in [2.05, 4.69) is 21.2 Å². The van der Waals surface area contributed by atoms with Crippen LogP contribution in [0.2, 0.25) is 0 Å². The molecule has 1 atom stereocenters. The van der Waals surface area contributed by atoms with Crippen molar-refractivity contribution in [2.45, 2.75) is 58.0 Å². The summed E-state index contributed by atoms with van der Waals surface area (Å²) in [6.07, 6.45) is 1.01. The van der Waals surface area contributed by atoms with E-state index >= 15 is 0 Å². The first-order valence-corrected chi connectivity index (χ1v) is 17.2. The van der Waals surface area contributed by atoms with Gasteiger partial charge in [0, 0.05) is 24.0 Å². The van der Waals surface area contributed by atoms with Crippen molar-refractivity contribution in [1.82, 2.24) is 10.2 Å². The van der Waals surface area contributed by atoms with Crippen LogP contribution in [0.1, 0.15) is 41.2 Å². The van der Waals surface area contributed by atoms with Crippen LogP contribution in [0.25, 0.3) is 0 Å². The number of carbonyl (C=O) groups is 2. The van der Waals surface area contributed by atoms with Gasteiger partial charge in [-0.15, -0.1) is 0 Å². The number of aryl methyl sites for hydroxylation is 3. The van der Waals surface area contributed by atoms with Gasteiger partial charge in [0.2, 0.25) is 11.8 Å².